The quantitative estimate of drug-likeness (QED) is 0.571. The van der Waals surface area contributed by atoms with Crippen molar-refractivity contribution in [3.8, 4) is 0 Å². The molecule has 0 aliphatic rings. The standard InChI is InChI=1S/C7H5FS2/c1-4-3-9-7-5(4)2-6(8)10-7/h2-3H,1H3. The van der Waals surface area contributed by atoms with E-state index in [1.165, 1.54) is 16.9 Å². The van der Waals surface area contributed by atoms with Crippen LogP contribution in [0.4, 0.5) is 4.39 Å². The van der Waals surface area contributed by atoms with Crippen LogP contribution >= 0.6 is 22.7 Å². The summed E-state index contributed by atoms with van der Waals surface area (Å²) in [5, 5.41) is 3.05. The smallest absolute Gasteiger partial charge is 0.178 e. The van der Waals surface area contributed by atoms with E-state index < -0.39 is 0 Å². The van der Waals surface area contributed by atoms with Crippen molar-refractivity contribution in [2.75, 3.05) is 0 Å². The molecule has 0 unspecified atom stereocenters. The second-order valence-corrected chi connectivity index (χ2v) is 4.31. The van der Waals surface area contributed by atoms with Crippen molar-refractivity contribution in [1.29, 1.82) is 0 Å². The average molecular weight is 172 g/mol. The zero-order valence-electron chi connectivity index (χ0n) is 5.35. The molecule has 2 aromatic rings. The van der Waals surface area contributed by atoms with Gasteiger partial charge in [-0.25, -0.2) is 0 Å². The van der Waals surface area contributed by atoms with Crippen molar-refractivity contribution in [2.24, 2.45) is 0 Å². The van der Waals surface area contributed by atoms with Crippen molar-refractivity contribution in [1.82, 2.24) is 0 Å². The maximum absolute atomic E-state index is 12.6. The van der Waals surface area contributed by atoms with E-state index in [0.717, 1.165) is 9.40 Å². The molecule has 0 atom stereocenters. The van der Waals surface area contributed by atoms with Crippen molar-refractivity contribution < 1.29 is 4.39 Å². The molecule has 2 aromatic heterocycles. The first-order chi connectivity index (χ1) is 4.77. The van der Waals surface area contributed by atoms with Crippen LogP contribution in [0, 0.1) is 12.1 Å². The van der Waals surface area contributed by atoms with Gasteiger partial charge in [0.1, 0.15) is 0 Å². The van der Waals surface area contributed by atoms with Crippen LogP contribution in [0.25, 0.3) is 9.40 Å². The summed E-state index contributed by atoms with van der Waals surface area (Å²) < 4.78 is 13.7. The van der Waals surface area contributed by atoms with E-state index in [2.05, 4.69) is 5.38 Å². The first-order valence-electron chi connectivity index (χ1n) is 2.90. The highest BCUT2D eigenvalue weighted by molar-refractivity contribution is 7.37. The summed E-state index contributed by atoms with van der Waals surface area (Å²) in [6, 6.07) is 1.60. The maximum atomic E-state index is 12.6. The van der Waals surface area contributed by atoms with Crippen molar-refractivity contribution >= 4 is 32.1 Å². The van der Waals surface area contributed by atoms with Gasteiger partial charge in [-0.05, 0) is 23.9 Å². The van der Waals surface area contributed by atoms with Crippen molar-refractivity contribution in [2.45, 2.75) is 6.92 Å². The van der Waals surface area contributed by atoms with Gasteiger partial charge in [0.15, 0.2) is 5.13 Å². The Balaban J connectivity index is 2.90. The third-order valence-corrected chi connectivity index (χ3v) is 3.60. The monoisotopic (exact) mass is 172 g/mol. The molecule has 0 N–H and O–H groups in total. The van der Waals surface area contributed by atoms with Gasteiger partial charge in [0, 0.05) is 5.39 Å². The number of hydrogen-bond donors (Lipinski definition) is 0. The Morgan fingerprint density at radius 3 is 3.00 bits per heavy atom. The number of thiophene rings is 2. The van der Waals surface area contributed by atoms with Crippen LogP contribution in [0.3, 0.4) is 0 Å². The van der Waals surface area contributed by atoms with Gasteiger partial charge in [0.2, 0.25) is 0 Å². The predicted molar refractivity (Wildman–Crippen MR) is 44.4 cm³/mol. The van der Waals surface area contributed by atoms with E-state index in [9.17, 15) is 4.39 Å². The molecule has 3 heteroatoms. The fourth-order valence-electron chi connectivity index (χ4n) is 0.913. The molecule has 0 nitrogen and oxygen atoms in total. The van der Waals surface area contributed by atoms with E-state index in [1.807, 2.05) is 6.92 Å². The van der Waals surface area contributed by atoms with Crippen LogP contribution in [-0.2, 0) is 0 Å². The van der Waals surface area contributed by atoms with Crippen LogP contribution < -0.4 is 0 Å². The van der Waals surface area contributed by atoms with Gasteiger partial charge in [0.05, 0.1) is 4.01 Å². The first-order valence-corrected chi connectivity index (χ1v) is 4.60. The second-order valence-electron chi connectivity index (χ2n) is 2.17. The summed E-state index contributed by atoms with van der Waals surface area (Å²) in [4.78, 5) is 0. The molecule has 0 aliphatic carbocycles. The molecule has 52 valence electrons. The lowest BCUT2D eigenvalue weighted by atomic mass is 10.3. The van der Waals surface area contributed by atoms with E-state index in [0.29, 0.717) is 0 Å². The lowest BCUT2D eigenvalue weighted by Gasteiger charge is -1.76. The highest BCUT2D eigenvalue weighted by Crippen LogP contribution is 2.32. The molecule has 0 spiro atoms. The Labute approximate surface area is 65.9 Å². The molecule has 0 aliphatic heterocycles. The number of aryl methyl sites for hydroxylation is 1. The normalized spacial score (nSPS) is 11.0. The minimum atomic E-state index is -0.0787. The molecule has 10 heavy (non-hydrogen) atoms. The molecule has 0 fully saturated rings. The van der Waals surface area contributed by atoms with E-state index >= 15 is 0 Å². The fraction of sp³-hybridized carbons (Fsp3) is 0.143. The molecular formula is C7H5FS2. The van der Waals surface area contributed by atoms with Gasteiger partial charge in [-0.2, -0.15) is 4.39 Å². The molecule has 0 bridgehead atoms. The minimum absolute atomic E-state index is 0.0787. The van der Waals surface area contributed by atoms with Crippen molar-refractivity contribution in [3.05, 3.63) is 22.1 Å². The topological polar surface area (TPSA) is 0 Å². The fourth-order valence-corrected chi connectivity index (χ4v) is 2.93. The molecule has 0 amide bonds. The van der Waals surface area contributed by atoms with Gasteiger partial charge < -0.3 is 0 Å². The molecule has 0 saturated heterocycles. The SMILES string of the molecule is Cc1csc2sc(F)cc12. The molecule has 0 saturated carbocycles. The Hall–Kier alpha value is -0.410. The summed E-state index contributed by atoms with van der Waals surface area (Å²) in [6.07, 6.45) is 0. The Bertz CT molecular complexity index is 358. The molecule has 0 aromatic carbocycles. The average Bonchev–Trinajstić information content (AvgIpc) is 2.35. The third kappa shape index (κ3) is 0.777. The zero-order valence-corrected chi connectivity index (χ0v) is 6.98. The third-order valence-electron chi connectivity index (χ3n) is 1.44. The van der Waals surface area contributed by atoms with E-state index in [1.54, 1.807) is 17.4 Å². The van der Waals surface area contributed by atoms with Crippen molar-refractivity contribution in [3.63, 3.8) is 0 Å². The van der Waals surface area contributed by atoms with Gasteiger partial charge in [-0.1, -0.05) is 11.3 Å². The Morgan fingerprint density at radius 1 is 1.50 bits per heavy atom. The van der Waals surface area contributed by atoms with Crippen LogP contribution in [0.1, 0.15) is 5.56 Å². The van der Waals surface area contributed by atoms with E-state index in [-0.39, 0.29) is 5.13 Å². The highest BCUT2D eigenvalue weighted by Gasteiger charge is 2.04. The van der Waals surface area contributed by atoms with Gasteiger partial charge >= 0.3 is 0 Å². The summed E-state index contributed by atoms with van der Waals surface area (Å²) in [6.45, 7) is 2.00. The zero-order chi connectivity index (χ0) is 7.14. The number of halogens is 1. The molecule has 2 rings (SSSR count). The Kier molecular flexibility index (Phi) is 1.28. The summed E-state index contributed by atoms with van der Waals surface area (Å²) >= 11 is 2.84. The van der Waals surface area contributed by atoms with Gasteiger partial charge in [0.25, 0.3) is 0 Å². The largest absolute Gasteiger partial charge is 0.195 e. The number of fused-ring (bicyclic) bond motifs is 1. The predicted octanol–water partition coefficient (Wildman–Crippen LogP) is 3.41. The van der Waals surface area contributed by atoms with Crippen LogP contribution in [0.15, 0.2) is 11.4 Å². The molecule has 0 radical (unpaired) electrons. The summed E-state index contributed by atoms with van der Waals surface area (Å²) in [5.41, 5.74) is 1.18. The van der Waals surface area contributed by atoms with Gasteiger partial charge in [-0.3, -0.25) is 0 Å². The molecular weight excluding hydrogens is 167 g/mol. The maximum Gasteiger partial charge on any atom is 0.178 e. The summed E-state index contributed by atoms with van der Waals surface area (Å²) in [7, 11) is 0. The second kappa shape index (κ2) is 2.04. The lowest BCUT2D eigenvalue weighted by Crippen LogP contribution is -1.58. The molecule has 2 heterocycles. The summed E-state index contributed by atoms with van der Waals surface area (Å²) in [5.74, 6) is 0. The van der Waals surface area contributed by atoms with Crippen LogP contribution in [0.5, 0.6) is 0 Å². The van der Waals surface area contributed by atoms with Crippen LogP contribution in [0.2, 0.25) is 0 Å². The number of rotatable bonds is 0. The van der Waals surface area contributed by atoms with Gasteiger partial charge in [-0.15, -0.1) is 11.3 Å². The number of hydrogen-bond acceptors (Lipinski definition) is 2. The highest BCUT2D eigenvalue weighted by atomic mass is 32.2. The first kappa shape index (κ1) is 6.31. The minimum Gasteiger partial charge on any atom is -0.195 e. The van der Waals surface area contributed by atoms with E-state index in [4.69, 9.17) is 0 Å². The van der Waals surface area contributed by atoms with Crippen LogP contribution in [-0.4, -0.2) is 0 Å². The lowest BCUT2D eigenvalue weighted by molar-refractivity contribution is 0.658. The Morgan fingerprint density at radius 2 is 2.30 bits per heavy atom.